The van der Waals surface area contributed by atoms with Gasteiger partial charge in [0, 0.05) is 31.1 Å². The van der Waals surface area contributed by atoms with Crippen LogP contribution in [0.3, 0.4) is 0 Å². The molecule has 2 rings (SSSR count). The van der Waals surface area contributed by atoms with E-state index in [4.69, 9.17) is 27.9 Å². The van der Waals surface area contributed by atoms with E-state index in [0.717, 1.165) is 11.1 Å². The maximum Gasteiger partial charge on any atom is 0.325 e. The number of ether oxygens (including phenoxy) is 1. The Morgan fingerprint density at radius 2 is 1.77 bits per heavy atom. The topological polar surface area (TPSA) is 87.7 Å². The van der Waals surface area contributed by atoms with Crippen molar-refractivity contribution in [2.75, 3.05) is 24.9 Å². The molecule has 0 aliphatic carbocycles. The van der Waals surface area contributed by atoms with Crippen molar-refractivity contribution >= 4 is 41.5 Å². The van der Waals surface area contributed by atoms with E-state index in [1.54, 1.807) is 6.92 Å². The van der Waals surface area contributed by atoms with Gasteiger partial charge in [-0.1, -0.05) is 36.4 Å². The monoisotopic (exact) mass is 525 g/mol. The highest BCUT2D eigenvalue weighted by molar-refractivity contribution is 6.18. The summed E-state index contributed by atoms with van der Waals surface area (Å²) in [6, 6.07) is 11.5. The van der Waals surface area contributed by atoms with Gasteiger partial charge in [0.25, 0.3) is 5.91 Å². The molecule has 2 atom stereocenters. The largest absolute Gasteiger partial charge is 0.465 e. The second-order valence-corrected chi connectivity index (χ2v) is 8.51. The number of rotatable bonds is 15. The number of carbonyl (C=O) groups is 3. The average Bonchev–Trinajstić information content (AvgIpc) is 2.84. The number of hydrogen-bond acceptors (Lipinski definition) is 5. The highest BCUT2D eigenvalue weighted by Gasteiger charge is 2.31. The Morgan fingerprint density at radius 3 is 2.40 bits per heavy atom. The van der Waals surface area contributed by atoms with Gasteiger partial charge in [0.05, 0.1) is 6.61 Å². The van der Waals surface area contributed by atoms with Crippen molar-refractivity contribution in [2.24, 2.45) is 0 Å². The second-order valence-electron chi connectivity index (χ2n) is 7.76. The molecule has 0 saturated heterocycles. The highest BCUT2D eigenvalue weighted by atomic mass is 35.5. The molecule has 10 heteroatoms. The van der Waals surface area contributed by atoms with Crippen molar-refractivity contribution in [3.05, 3.63) is 71.0 Å². The Hall–Kier alpha value is -2.68. The number of nitrogens with one attached hydrogen (secondary N) is 2. The fourth-order valence-corrected chi connectivity index (χ4v) is 3.97. The molecule has 0 heterocycles. The molecule has 0 aromatic heterocycles. The van der Waals surface area contributed by atoms with Crippen molar-refractivity contribution in [3.8, 4) is 0 Å². The fourth-order valence-electron chi connectivity index (χ4n) is 3.57. The van der Waals surface area contributed by atoms with Gasteiger partial charge in [-0.3, -0.25) is 19.8 Å². The molecule has 2 aromatic carbocycles. The van der Waals surface area contributed by atoms with Crippen LogP contribution in [0, 0.1) is 5.82 Å². The third-order valence-corrected chi connectivity index (χ3v) is 5.61. The molecule has 0 spiro atoms. The van der Waals surface area contributed by atoms with Crippen LogP contribution in [0.1, 0.15) is 23.6 Å². The number of halogens is 3. The first-order valence-corrected chi connectivity index (χ1v) is 12.4. The summed E-state index contributed by atoms with van der Waals surface area (Å²) >= 11 is 11.9. The number of nitrogens with zero attached hydrogens (tertiary/aromatic N) is 1. The molecule has 2 amide bonds. The number of alkyl halides is 2. The molecular formula is C25H30Cl2FN3O4. The minimum atomic E-state index is -0.953. The van der Waals surface area contributed by atoms with Gasteiger partial charge < -0.3 is 10.1 Å². The van der Waals surface area contributed by atoms with Crippen molar-refractivity contribution in [2.45, 2.75) is 38.3 Å². The van der Waals surface area contributed by atoms with Crippen LogP contribution in [0.5, 0.6) is 0 Å². The number of esters is 1. The molecule has 0 saturated carbocycles. The lowest BCUT2D eigenvalue weighted by molar-refractivity contribution is -0.152. The van der Waals surface area contributed by atoms with E-state index in [2.05, 4.69) is 10.7 Å². The molecule has 0 bridgehead atoms. The normalized spacial score (nSPS) is 12.6. The summed E-state index contributed by atoms with van der Waals surface area (Å²) in [6.45, 7) is 2.03. The Bertz CT molecular complexity index is 962. The van der Waals surface area contributed by atoms with E-state index in [1.165, 1.54) is 29.3 Å². The lowest BCUT2D eigenvalue weighted by atomic mass is 10.0. The van der Waals surface area contributed by atoms with Gasteiger partial charge >= 0.3 is 5.97 Å². The first kappa shape index (κ1) is 28.6. The Labute approximate surface area is 214 Å². The molecule has 2 aromatic rings. The van der Waals surface area contributed by atoms with Crippen LogP contribution in [0.4, 0.5) is 4.39 Å². The maximum atomic E-state index is 13.2. The van der Waals surface area contributed by atoms with Gasteiger partial charge in [0.15, 0.2) is 0 Å². The van der Waals surface area contributed by atoms with E-state index < -0.39 is 29.8 Å². The summed E-state index contributed by atoms with van der Waals surface area (Å²) in [6.07, 6.45) is 1.49. The van der Waals surface area contributed by atoms with Crippen molar-refractivity contribution < 1.29 is 23.5 Å². The zero-order valence-electron chi connectivity index (χ0n) is 19.5. The molecule has 0 aliphatic rings. The van der Waals surface area contributed by atoms with Gasteiger partial charge in [0.1, 0.15) is 17.9 Å². The van der Waals surface area contributed by atoms with Crippen molar-refractivity contribution in [3.63, 3.8) is 0 Å². The molecule has 0 fully saturated rings. The smallest absolute Gasteiger partial charge is 0.325 e. The lowest BCUT2D eigenvalue weighted by Gasteiger charge is -2.31. The second kappa shape index (κ2) is 15.3. The summed E-state index contributed by atoms with van der Waals surface area (Å²) in [4.78, 5) is 37.2. The van der Waals surface area contributed by atoms with E-state index in [9.17, 15) is 18.8 Å². The summed E-state index contributed by atoms with van der Waals surface area (Å²) in [5, 5.41) is 3.92. The average molecular weight is 526 g/mol. The first-order valence-electron chi connectivity index (χ1n) is 11.3. The predicted octanol–water partition coefficient (Wildman–Crippen LogP) is 3.01. The van der Waals surface area contributed by atoms with Crippen molar-refractivity contribution in [1.82, 2.24) is 15.8 Å². The predicted molar refractivity (Wildman–Crippen MR) is 134 cm³/mol. The standard InChI is InChI=1S/C25H30Cl2FN3O4/c1-2-35-25(34)23(16-20-5-3-4-18(14-20)10-11-26)31(13-12-27)30-24(33)22(29-17-32)15-19-6-8-21(28)9-7-19/h3-9,14,17,22-23H,2,10-13,15-16H2,1H3,(H,29,32)(H,30,33)/t22-,23-/m0/s1. The Kier molecular flexibility index (Phi) is 12.5. The summed E-state index contributed by atoms with van der Waals surface area (Å²) in [7, 11) is 0. The zero-order valence-corrected chi connectivity index (χ0v) is 21.0. The van der Waals surface area contributed by atoms with Gasteiger partial charge in [-0.25, -0.2) is 9.40 Å². The summed E-state index contributed by atoms with van der Waals surface area (Å²) in [5.74, 6) is -0.862. The van der Waals surface area contributed by atoms with E-state index in [-0.39, 0.29) is 31.9 Å². The van der Waals surface area contributed by atoms with Crippen LogP contribution in [0.15, 0.2) is 48.5 Å². The fraction of sp³-hybridized carbons (Fsp3) is 0.400. The molecular weight excluding hydrogens is 496 g/mol. The van der Waals surface area contributed by atoms with Crippen LogP contribution in [0.25, 0.3) is 0 Å². The third kappa shape index (κ3) is 9.47. The zero-order chi connectivity index (χ0) is 25.6. The van der Waals surface area contributed by atoms with Crippen LogP contribution in [0.2, 0.25) is 0 Å². The number of carbonyl (C=O) groups excluding carboxylic acids is 3. The molecule has 7 nitrogen and oxygen atoms in total. The van der Waals surface area contributed by atoms with E-state index in [1.807, 2.05) is 24.3 Å². The number of amides is 2. The molecule has 190 valence electrons. The number of benzene rings is 2. The first-order chi connectivity index (χ1) is 16.9. The third-order valence-electron chi connectivity index (χ3n) is 5.26. The maximum absolute atomic E-state index is 13.2. The summed E-state index contributed by atoms with van der Waals surface area (Å²) in [5.41, 5.74) is 5.28. The molecule has 35 heavy (non-hydrogen) atoms. The number of hydrogen-bond donors (Lipinski definition) is 2. The SMILES string of the molecule is CCOC(=O)[C@H](Cc1cccc(CCCl)c1)N(CCCl)NC(=O)[C@H](Cc1ccc(F)cc1)NC=O. The van der Waals surface area contributed by atoms with Crippen LogP contribution in [-0.4, -0.2) is 60.3 Å². The van der Waals surface area contributed by atoms with E-state index >= 15 is 0 Å². The van der Waals surface area contributed by atoms with Crippen LogP contribution in [-0.2, 0) is 38.4 Å². The van der Waals surface area contributed by atoms with Gasteiger partial charge in [-0.05, 0) is 42.2 Å². The Morgan fingerprint density at radius 1 is 1.06 bits per heavy atom. The lowest BCUT2D eigenvalue weighted by Crippen LogP contribution is -2.58. The minimum Gasteiger partial charge on any atom is -0.465 e. The number of aryl methyl sites for hydroxylation is 1. The molecule has 2 N–H and O–H groups in total. The number of hydrazine groups is 1. The highest BCUT2D eigenvalue weighted by Crippen LogP contribution is 2.14. The van der Waals surface area contributed by atoms with Crippen molar-refractivity contribution in [1.29, 1.82) is 0 Å². The van der Waals surface area contributed by atoms with Gasteiger partial charge in [-0.15, -0.1) is 23.2 Å². The molecule has 0 radical (unpaired) electrons. The summed E-state index contributed by atoms with van der Waals surface area (Å²) < 4.78 is 18.5. The quantitative estimate of drug-likeness (QED) is 0.161. The minimum absolute atomic E-state index is 0.129. The molecule has 0 aliphatic heterocycles. The van der Waals surface area contributed by atoms with Crippen LogP contribution >= 0.6 is 23.2 Å². The van der Waals surface area contributed by atoms with E-state index in [0.29, 0.717) is 24.3 Å². The van der Waals surface area contributed by atoms with Gasteiger partial charge in [-0.2, -0.15) is 0 Å². The Balaban J connectivity index is 2.25. The molecule has 0 unspecified atom stereocenters. The van der Waals surface area contributed by atoms with Crippen LogP contribution < -0.4 is 10.7 Å². The van der Waals surface area contributed by atoms with Gasteiger partial charge in [0.2, 0.25) is 6.41 Å².